The van der Waals surface area contributed by atoms with Crippen LogP contribution in [0, 0.1) is 5.92 Å². The normalized spacial score (nSPS) is 14.2. The van der Waals surface area contributed by atoms with Crippen molar-refractivity contribution in [1.29, 1.82) is 0 Å². The van der Waals surface area contributed by atoms with Gasteiger partial charge in [0.25, 0.3) is 0 Å². The zero-order chi connectivity index (χ0) is 12.1. The summed E-state index contributed by atoms with van der Waals surface area (Å²) in [6, 6.07) is 2.87. The fourth-order valence-electron chi connectivity index (χ4n) is 1.21. The molecule has 0 fully saturated rings. The van der Waals surface area contributed by atoms with E-state index in [0.29, 0.717) is 5.69 Å². The molecule has 0 radical (unpaired) electrons. The Hall–Kier alpha value is -1.13. The van der Waals surface area contributed by atoms with E-state index in [2.05, 4.69) is 10.3 Å². The van der Waals surface area contributed by atoms with Gasteiger partial charge in [-0.25, -0.2) is 4.98 Å². The van der Waals surface area contributed by atoms with Crippen LogP contribution >= 0.6 is 11.6 Å². The SMILES string of the molecule is CCC(C)C(N)C(=O)Nc1cccnc1Cl. The Balaban J connectivity index is 2.68. The number of rotatable bonds is 4. The largest absolute Gasteiger partial charge is 0.322 e. The van der Waals surface area contributed by atoms with Gasteiger partial charge in [0.1, 0.15) is 0 Å². The van der Waals surface area contributed by atoms with Crippen LogP contribution in [-0.2, 0) is 4.79 Å². The quantitative estimate of drug-likeness (QED) is 0.793. The highest BCUT2D eigenvalue weighted by atomic mass is 35.5. The average Bonchev–Trinajstić information content (AvgIpc) is 2.30. The second kappa shape index (κ2) is 5.82. The first-order chi connectivity index (χ1) is 7.56. The number of nitrogens with one attached hydrogen (secondary N) is 1. The molecule has 0 saturated heterocycles. The summed E-state index contributed by atoms with van der Waals surface area (Å²) in [4.78, 5) is 15.6. The number of halogens is 1. The summed E-state index contributed by atoms with van der Waals surface area (Å²) in [6.07, 6.45) is 2.42. The molecule has 0 aromatic carbocycles. The molecule has 2 unspecified atom stereocenters. The van der Waals surface area contributed by atoms with Crippen LogP contribution in [0.4, 0.5) is 5.69 Å². The molecule has 1 rings (SSSR count). The van der Waals surface area contributed by atoms with Crippen molar-refractivity contribution in [3.63, 3.8) is 0 Å². The summed E-state index contributed by atoms with van der Waals surface area (Å²) in [5.41, 5.74) is 6.29. The number of hydrogen-bond donors (Lipinski definition) is 2. The fourth-order valence-corrected chi connectivity index (χ4v) is 1.37. The lowest BCUT2D eigenvalue weighted by molar-refractivity contribution is -0.118. The number of nitrogens with two attached hydrogens (primary N) is 1. The molecule has 0 saturated carbocycles. The Bertz CT molecular complexity index is 370. The van der Waals surface area contributed by atoms with Crippen LogP contribution in [0.5, 0.6) is 0 Å². The van der Waals surface area contributed by atoms with E-state index < -0.39 is 6.04 Å². The predicted octanol–water partition coefficient (Wildman–Crippen LogP) is 2.05. The summed E-state index contributed by atoms with van der Waals surface area (Å²) < 4.78 is 0. The molecule has 0 aliphatic heterocycles. The summed E-state index contributed by atoms with van der Waals surface area (Å²) in [6.45, 7) is 3.93. The van der Waals surface area contributed by atoms with Crippen molar-refractivity contribution >= 4 is 23.2 Å². The number of anilines is 1. The molecule has 5 heteroatoms. The Labute approximate surface area is 100 Å². The third-order valence-corrected chi connectivity index (χ3v) is 2.88. The van der Waals surface area contributed by atoms with Gasteiger partial charge in [0.15, 0.2) is 5.15 Å². The zero-order valence-electron chi connectivity index (χ0n) is 9.40. The van der Waals surface area contributed by atoms with E-state index in [1.54, 1.807) is 18.3 Å². The van der Waals surface area contributed by atoms with Gasteiger partial charge in [-0.2, -0.15) is 0 Å². The molecular formula is C11H16ClN3O. The predicted molar refractivity (Wildman–Crippen MR) is 65.3 cm³/mol. The van der Waals surface area contributed by atoms with Gasteiger partial charge in [-0.3, -0.25) is 4.79 Å². The van der Waals surface area contributed by atoms with Crippen LogP contribution in [0.1, 0.15) is 20.3 Å². The first-order valence-corrected chi connectivity index (χ1v) is 5.61. The van der Waals surface area contributed by atoms with Crippen molar-refractivity contribution in [3.05, 3.63) is 23.5 Å². The van der Waals surface area contributed by atoms with E-state index in [1.807, 2.05) is 13.8 Å². The van der Waals surface area contributed by atoms with E-state index in [9.17, 15) is 4.79 Å². The molecule has 16 heavy (non-hydrogen) atoms. The molecule has 3 N–H and O–H groups in total. The van der Waals surface area contributed by atoms with Gasteiger partial charge in [-0.1, -0.05) is 31.9 Å². The Morgan fingerprint density at radius 1 is 1.69 bits per heavy atom. The number of pyridine rings is 1. The molecule has 1 aromatic rings. The Morgan fingerprint density at radius 2 is 2.38 bits per heavy atom. The van der Waals surface area contributed by atoms with Gasteiger partial charge in [-0.15, -0.1) is 0 Å². The van der Waals surface area contributed by atoms with E-state index in [0.717, 1.165) is 6.42 Å². The number of amides is 1. The highest BCUT2D eigenvalue weighted by Crippen LogP contribution is 2.18. The van der Waals surface area contributed by atoms with Crippen molar-refractivity contribution in [2.45, 2.75) is 26.3 Å². The van der Waals surface area contributed by atoms with Crippen LogP contribution in [0.25, 0.3) is 0 Å². The van der Waals surface area contributed by atoms with E-state index in [1.165, 1.54) is 0 Å². The number of carbonyl (C=O) groups is 1. The minimum absolute atomic E-state index is 0.135. The molecule has 1 aromatic heterocycles. The highest BCUT2D eigenvalue weighted by Gasteiger charge is 2.20. The van der Waals surface area contributed by atoms with Gasteiger partial charge in [0, 0.05) is 6.20 Å². The van der Waals surface area contributed by atoms with Crippen molar-refractivity contribution in [3.8, 4) is 0 Å². The first-order valence-electron chi connectivity index (χ1n) is 5.23. The van der Waals surface area contributed by atoms with Crippen LogP contribution < -0.4 is 11.1 Å². The summed E-state index contributed by atoms with van der Waals surface area (Å²) in [5.74, 6) is -0.0975. The second-order valence-corrected chi connectivity index (χ2v) is 4.10. The van der Waals surface area contributed by atoms with Crippen LogP contribution in [0.2, 0.25) is 5.15 Å². The van der Waals surface area contributed by atoms with Crippen molar-refractivity contribution < 1.29 is 4.79 Å². The lowest BCUT2D eigenvalue weighted by Crippen LogP contribution is -2.40. The summed E-state index contributed by atoms with van der Waals surface area (Å²) in [7, 11) is 0. The maximum atomic E-state index is 11.7. The van der Waals surface area contributed by atoms with Crippen molar-refractivity contribution in [1.82, 2.24) is 4.98 Å². The summed E-state index contributed by atoms with van der Waals surface area (Å²) >= 11 is 5.82. The van der Waals surface area contributed by atoms with Crippen molar-refractivity contribution in [2.75, 3.05) is 5.32 Å². The molecule has 2 atom stereocenters. The third kappa shape index (κ3) is 3.18. The smallest absolute Gasteiger partial charge is 0.241 e. The van der Waals surface area contributed by atoms with Gasteiger partial charge in [0.05, 0.1) is 11.7 Å². The number of hydrogen-bond acceptors (Lipinski definition) is 3. The van der Waals surface area contributed by atoms with Crippen LogP contribution in [0.3, 0.4) is 0 Å². The minimum atomic E-state index is -0.527. The number of carbonyl (C=O) groups excluding carboxylic acids is 1. The maximum Gasteiger partial charge on any atom is 0.241 e. The molecule has 0 spiro atoms. The lowest BCUT2D eigenvalue weighted by atomic mass is 9.99. The van der Waals surface area contributed by atoms with E-state index >= 15 is 0 Å². The molecule has 88 valence electrons. The second-order valence-electron chi connectivity index (χ2n) is 3.74. The fraction of sp³-hybridized carbons (Fsp3) is 0.455. The van der Waals surface area contributed by atoms with Gasteiger partial charge in [-0.05, 0) is 18.1 Å². The van der Waals surface area contributed by atoms with Crippen LogP contribution in [0.15, 0.2) is 18.3 Å². The monoisotopic (exact) mass is 241 g/mol. The molecule has 1 heterocycles. The number of aromatic nitrogens is 1. The molecule has 1 amide bonds. The van der Waals surface area contributed by atoms with Crippen LogP contribution in [-0.4, -0.2) is 16.9 Å². The average molecular weight is 242 g/mol. The highest BCUT2D eigenvalue weighted by molar-refractivity contribution is 6.32. The Morgan fingerprint density at radius 3 is 2.94 bits per heavy atom. The summed E-state index contributed by atoms with van der Waals surface area (Å²) in [5, 5.41) is 2.94. The topological polar surface area (TPSA) is 68.0 Å². The Kier molecular flexibility index (Phi) is 4.71. The van der Waals surface area contributed by atoms with Gasteiger partial charge >= 0.3 is 0 Å². The molecule has 0 aliphatic rings. The van der Waals surface area contributed by atoms with Gasteiger partial charge in [0.2, 0.25) is 5.91 Å². The van der Waals surface area contributed by atoms with E-state index in [4.69, 9.17) is 17.3 Å². The molecule has 0 bridgehead atoms. The third-order valence-electron chi connectivity index (χ3n) is 2.58. The minimum Gasteiger partial charge on any atom is -0.322 e. The van der Waals surface area contributed by atoms with Crippen molar-refractivity contribution in [2.24, 2.45) is 11.7 Å². The molecule has 4 nitrogen and oxygen atoms in total. The van der Waals surface area contributed by atoms with Gasteiger partial charge < -0.3 is 11.1 Å². The lowest BCUT2D eigenvalue weighted by Gasteiger charge is -2.17. The molecule has 0 aliphatic carbocycles. The molecular weight excluding hydrogens is 226 g/mol. The zero-order valence-corrected chi connectivity index (χ0v) is 10.2. The van der Waals surface area contributed by atoms with E-state index in [-0.39, 0.29) is 17.0 Å². The first kappa shape index (κ1) is 12.9. The number of nitrogens with zero attached hydrogens (tertiary/aromatic N) is 1. The maximum absolute atomic E-state index is 11.7. The standard InChI is InChI=1S/C11H16ClN3O/c1-3-7(2)9(13)11(16)15-8-5-4-6-14-10(8)12/h4-7,9H,3,13H2,1-2H3,(H,15,16).